The number of carbonyl (C=O) groups is 1. The van der Waals surface area contributed by atoms with Crippen molar-refractivity contribution in [2.45, 2.75) is 19.5 Å². The highest BCUT2D eigenvalue weighted by atomic mass is 16.7. The number of nitrogens with one attached hydrogen (secondary N) is 2. The Morgan fingerprint density at radius 1 is 1.07 bits per heavy atom. The number of rotatable bonds is 6. The molecule has 0 radical (unpaired) electrons. The van der Waals surface area contributed by atoms with E-state index in [-0.39, 0.29) is 24.4 Å². The molecule has 1 aromatic heterocycles. The molecule has 0 aliphatic carbocycles. The summed E-state index contributed by atoms with van der Waals surface area (Å²) in [6.07, 6.45) is 3.02. The van der Waals surface area contributed by atoms with Gasteiger partial charge in [0.1, 0.15) is 11.5 Å². The van der Waals surface area contributed by atoms with E-state index >= 15 is 0 Å². The summed E-state index contributed by atoms with van der Waals surface area (Å²) in [5.41, 5.74) is 2.34. The lowest BCUT2D eigenvalue weighted by Crippen LogP contribution is -2.27. The van der Waals surface area contributed by atoms with Crippen LogP contribution in [0.5, 0.6) is 11.5 Å². The molecule has 1 aliphatic heterocycles. The van der Waals surface area contributed by atoms with E-state index in [2.05, 4.69) is 20.6 Å². The molecule has 1 atom stereocenters. The minimum Gasteiger partial charge on any atom is -0.454 e. The summed E-state index contributed by atoms with van der Waals surface area (Å²) in [7, 11) is 0. The van der Waals surface area contributed by atoms with E-state index in [1.807, 2.05) is 55.5 Å². The normalized spacial score (nSPS) is 13.0. The second-order valence-electron chi connectivity index (χ2n) is 6.43. The van der Waals surface area contributed by atoms with Crippen LogP contribution in [0, 0.1) is 0 Å². The van der Waals surface area contributed by atoms with Crippen LogP contribution < -0.4 is 20.1 Å². The Morgan fingerprint density at radius 2 is 1.89 bits per heavy atom. The highest BCUT2D eigenvalue weighted by Gasteiger charge is 2.14. The van der Waals surface area contributed by atoms with Crippen LogP contribution >= 0.6 is 0 Å². The number of anilines is 1. The number of ether oxygens (including phenoxy) is 2. The molecule has 0 fully saturated rings. The fourth-order valence-corrected chi connectivity index (χ4v) is 2.88. The number of aromatic nitrogens is 2. The van der Waals surface area contributed by atoms with Gasteiger partial charge in [-0.3, -0.25) is 4.79 Å². The Hall–Kier alpha value is -3.61. The smallest absolute Gasteiger partial charge is 0.271 e. The Bertz CT molecular complexity index is 961. The van der Waals surface area contributed by atoms with Crippen LogP contribution in [0.25, 0.3) is 0 Å². The minimum atomic E-state index is -0.258. The van der Waals surface area contributed by atoms with Crippen LogP contribution in [0.4, 0.5) is 5.82 Å². The van der Waals surface area contributed by atoms with Gasteiger partial charge in [0.15, 0.2) is 11.5 Å². The van der Waals surface area contributed by atoms with Crippen LogP contribution in [0.2, 0.25) is 0 Å². The number of carbonyl (C=O) groups excluding carboxylic acids is 1. The van der Waals surface area contributed by atoms with E-state index in [4.69, 9.17) is 9.47 Å². The zero-order valence-electron chi connectivity index (χ0n) is 15.4. The topological polar surface area (TPSA) is 85.4 Å². The number of nitrogens with zero attached hydrogens (tertiary/aromatic N) is 2. The van der Waals surface area contributed by atoms with Crippen molar-refractivity contribution >= 4 is 11.7 Å². The second kappa shape index (κ2) is 7.96. The zero-order valence-corrected chi connectivity index (χ0v) is 15.4. The molecule has 0 spiro atoms. The quantitative estimate of drug-likeness (QED) is 0.687. The predicted octanol–water partition coefficient (Wildman–Crippen LogP) is 3.31. The predicted molar refractivity (Wildman–Crippen MR) is 104 cm³/mol. The monoisotopic (exact) mass is 376 g/mol. The summed E-state index contributed by atoms with van der Waals surface area (Å²) < 4.78 is 10.7. The van der Waals surface area contributed by atoms with Gasteiger partial charge in [-0.25, -0.2) is 9.97 Å². The average molecular weight is 376 g/mol. The lowest BCUT2D eigenvalue weighted by Gasteiger charge is -2.14. The first kappa shape index (κ1) is 17.8. The third-order valence-corrected chi connectivity index (χ3v) is 4.44. The molecular weight excluding hydrogens is 356 g/mol. The molecule has 2 aromatic carbocycles. The molecule has 0 bridgehead atoms. The fourth-order valence-electron chi connectivity index (χ4n) is 2.88. The van der Waals surface area contributed by atoms with Crippen LogP contribution in [-0.2, 0) is 6.54 Å². The van der Waals surface area contributed by atoms with E-state index in [9.17, 15) is 4.79 Å². The second-order valence-corrected chi connectivity index (χ2v) is 6.43. The highest BCUT2D eigenvalue weighted by Crippen LogP contribution is 2.32. The first-order valence-electron chi connectivity index (χ1n) is 8.99. The molecule has 1 unspecified atom stereocenters. The van der Waals surface area contributed by atoms with Gasteiger partial charge in [0.2, 0.25) is 6.79 Å². The van der Waals surface area contributed by atoms with Gasteiger partial charge < -0.3 is 20.1 Å². The fraction of sp³-hybridized carbons (Fsp3) is 0.190. The zero-order chi connectivity index (χ0) is 19.3. The maximum atomic E-state index is 12.4. The van der Waals surface area contributed by atoms with Crippen molar-refractivity contribution in [2.75, 3.05) is 12.1 Å². The molecule has 2 heterocycles. The molecule has 4 rings (SSSR count). The maximum Gasteiger partial charge on any atom is 0.271 e. The number of hydrogen-bond donors (Lipinski definition) is 2. The van der Waals surface area contributed by atoms with E-state index in [1.54, 1.807) is 6.20 Å². The van der Waals surface area contributed by atoms with Crippen molar-refractivity contribution < 1.29 is 14.3 Å². The van der Waals surface area contributed by atoms with Crippen molar-refractivity contribution in [3.05, 3.63) is 77.7 Å². The third-order valence-electron chi connectivity index (χ3n) is 4.44. The van der Waals surface area contributed by atoms with Crippen molar-refractivity contribution in [1.29, 1.82) is 0 Å². The van der Waals surface area contributed by atoms with Gasteiger partial charge in [-0.05, 0) is 30.2 Å². The average Bonchev–Trinajstić information content (AvgIpc) is 3.21. The molecule has 7 heteroatoms. The van der Waals surface area contributed by atoms with Crippen LogP contribution in [0.3, 0.4) is 0 Å². The Kier molecular flexibility index (Phi) is 5.05. The number of hydrogen-bond acceptors (Lipinski definition) is 6. The first-order chi connectivity index (χ1) is 13.7. The van der Waals surface area contributed by atoms with E-state index < -0.39 is 0 Å². The summed E-state index contributed by atoms with van der Waals surface area (Å²) in [6, 6.07) is 15.4. The van der Waals surface area contributed by atoms with Gasteiger partial charge in [-0.15, -0.1) is 0 Å². The summed E-state index contributed by atoms with van der Waals surface area (Å²) in [4.78, 5) is 20.9. The van der Waals surface area contributed by atoms with E-state index in [0.717, 1.165) is 22.6 Å². The van der Waals surface area contributed by atoms with Crippen LogP contribution in [-0.4, -0.2) is 22.7 Å². The molecule has 1 aliphatic rings. The largest absolute Gasteiger partial charge is 0.454 e. The van der Waals surface area contributed by atoms with Gasteiger partial charge in [0.25, 0.3) is 5.91 Å². The van der Waals surface area contributed by atoms with Crippen LogP contribution in [0.1, 0.15) is 34.6 Å². The van der Waals surface area contributed by atoms with E-state index in [0.29, 0.717) is 12.4 Å². The Balaban J connectivity index is 1.34. The van der Waals surface area contributed by atoms with Gasteiger partial charge in [0.05, 0.1) is 18.4 Å². The Morgan fingerprint density at radius 3 is 2.68 bits per heavy atom. The summed E-state index contributed by atoms with van der Waals surface area (Å²) >= 11 is 0. The van der Waals surface area contributed by atoms with Gasteiger partial charge in [-0.2, -0.15) is 0 Å². The Labute approximate surface area is 162 Å². The first-order valence-corrected chi connectivity index (χ1v) is 8.99. The maximum absolute atomic E-state index is 12.4. The van der Waals surface area contributed by atoms with Crippen molar-refractivity contribution in [1.82, 2.24) is 15.3 Å². The van der Waals surface area contributed by atoms with Crippen molar-refractivity contribution in [3.63, 3.8) is 0 Å². The van der Waals surface area contributed by atoms with Crippen molar-refractivity contribution in [3.8, 4) is 11.5 Å². The van der Waals surface area contributed by atoms with E-state index in [1.165, 1.54) is 6.20 Å². The highest BCUT2D eigenvalue weighted by molar-refractivity contribution is 5.92. The number of amides is 1. The van der Waals surface area contributed by atoms with Gasteiger partial charge >= 0.3 is 0 Å². The molecule has 2 N–H and O–H groups in total. The lowest BCUT2D eigenvalue weighted by molar-refractivity contribution is 0.0934. The van der Waals surface area contributed by atoms with Crippen LogP contribution in [0.15, 0.2) is 60.9 Å². The van der Waals surface area contributed by atoms with Gasteiger partial charge in [0, 0.05) is 6.54 Å². The van der Waals surface area contributed by atoms with Gasteiger partial charge in [-0.1, -0.05) is 36.4 Å². The molecular formula is C21H20N4O3. The summed E-state index contributed by atoms with van der Waals surface area (Å²) in [5.74, 6) is 1.82. The molecule has 28 heavy (non-hydrogen) atoms. The standard InChI is InChI=1S/C21H20N4O3/c1-14(16-5-3-2-4-6-16)25-21(26)17-11-24-20(12-22-17)23-10-15-7-8-18-19(9-15)28-13-27-18/h2-9,11-12,14H,10,13H2,1H3,(H,23,24)(H,25,26). The summed E-state index contributed by atoms with van der Waals surface area (Å²) in [5, 5.41) is 6.11. The lowest BCUT2D eigenvalue weighted by atomic mass is 10.1. The summed E-state index contributed by atoms with van der Waals surface area (Å²) in [6.45, 7) is 2.74. The number of benzene rings is 2. The number of fused-ring (bicyclic) bond motifs is 1. The molecule has 1 amide bonds. The molecule has 3 aromatic rings. The minimum absolute atomic E-state index is 0.112. The van der Waals surface area contributed by atoms with Crippen molar-refractivity contribution in [2.24, 2.45) is 0 Å². The molecule has 0 saturated heterocycles. The third kappa shape index (κ3) is 4.03. The SMILES string of the molecule is CC(NC(=O)c1cnc(NCc2ccc3c(c2)OCO3)cn1)c1ccccc1. The molecule has 142 valence electrons. The molecule has 0 saturated carbocycles. The molecule has 7 nitrogen and oxygen atoms in total.